The van der Waals surface area contributed by atoms with Crippen LogP contribution in [-0.4, -0.2) is 24.7 Å². The Kier molecular flexibility index (Phi) is 5.23. The summed E-state index contributed by atoms with van der Waals surface area (Å²) in [5.41, 5.74) is 1.78. The third-order valence-corrected chi connectivity index (χ3v) is 7.41. The number of nitrogens with one attached hydrogen (secondary N) is 2. The molecule has 4 fully saturated rings. The van der Waals surface area contributed by atoms with Crippen LogP contribution in [0.25, 0.3) is 0 Å². The highest BCUT2D eigenvalue weighted by Gasteiger charge is 2.50. The Morgan fingerprint density at radius 2 is 1.81 bits per heavy atom. The van der Waals surface area contributed by atoms with Crippen molar-refractivity contribution in [2.24, 2.45) is 23.2 Å². The van der Waals surface area contributed by atoms with Crippen molar-refractivity contribution >= 4 is 39.2 Å². The number of ether oxygens (including phenoxy) is 1. The summed E-state index contributed by atoms with van der Waals surface area (Å²) in [4.78, 5) is 12.7. The molecule has 0 saturated heterocycles. The molecular weight excluding hydrogens is 424 g/mol. The summed E-state index contributed by atoms with van der Waals surface area (Å²) in [5.74, 6) is 3.08. The van der Waals surface area contributed by atoms with Crippen molar-refractivity contribution in [3.05, 3.63) is 27.7 Å². The van der Waals surface area contributed by atoms with E-state index < -0.39 is 0 Å². The van der Waals surface area contributed by atoms with Gasteiger partial charge in [-0.2, -0.15) is 0 Å². The van der Waals surface area contributed by atoms with E-state index >= 15 is 0 Å². The zero-order chi connectivity index (χ0) is 19.2. The van der Waals surface area contributed by atoms with Gasteiger partial charge in [-0.05, 0) is 98.5 Å². The number of carbonyl (C=O) groups is 1. The summed E-state index contributed by atoms with van der Waals surface area (Å²) in [6.45, 7) is 2.80. The van der Waals surface area contributed by atoms with Crippen molar-refractivity contribution in [1.82, 2.24) is 10.6 Å². The smallest absolute Gasteiger partial charge is 0.261 e. The van der Waals surface area contributed by atoms with Crippen molar-refractivity contribution in [3.63, 3.8) is 0 Å². The molecule has 0 radical (unpaired) electrons. The molecule has 27 heavy (non-hydrogen) atoms. The first-order valence-electron chi connectivity index (χ1n) is 9.81. The van der Waals surface area contributed by atoms with Crippen LogP contribution in [0, 0.1) is 30.1 Å². The fourth-order valence-corrected chi connectivity index (χ4v) is 6.90. The van der Waals surface area contributed by atoms with E-state index in [1.807, 2.05) is 13.0 Å². The summed E-state index contributed by atoms with van der Waals surface area (Å²) in [6.07, 6.45) is 8.26. The zero-order valence-corrected chi connectivity index (χ0v) is 18.3. The minimum Gasteiger partial charge on any atom is -0.496 e. The van der Waals surface area contributed by atoms with Crippen LogP contribution < -0.4 is 15.4 Å². The summed E-state index contributed by atoms with van der Waals surface area (Å²) >= 11 is 8.88. The SMILES string of the molecule is COc1c(C)cc(Br)cc1C(=O)NC(=S)NCC12CC3CC(CC(C3)C1)C2. The lowest BCUT2D eigenvalue weighted by atomic mass is 9.49. The molecule has 0 heterocycles. The number of carbonyl (C=O) groups excluding carboxylic acids is 1. The van der Waals surface area contributed by atoms with Crippen LogP contribution in [0.3, 0.4) is 0 Å². The second-order valence-electron chi connectivity index (χ2n) is 8.86. The molecule has 146 valence electrons. The minimum atomic E-state index is -0.237. The third kappa shape index (κ3) is 3.88. The highest BCUT2D eigenvalue weighted by Crippen LogP contribution is 2.59. The number of halogens is 1. The first-order chi connectivity index (χ1) is 12.9. The molecular formula is C21H27BrN2O2S. The first-order valence-corrected chi connectivity index (χ1v) is 11.0. The average Bonchev–Trinajstić information content (AvgIpc) is 2.58. The van der Waals surface area contributed by atoms with Crippen LogP contribution in [0.2, 0.25) is 0 Å². The number of rotatable bonds is 4. The van der Waals surface area contributed by atoms with Gasteiger partial charge in [-0.25, -0.2) is 0 Å². The molecule has 0 spiro atoms. The number of amides is 1. The maximum atomic E-state index is 12.7. The van der Waals surface area contributed by atoms with E-state index in [1.54, 1.807) is 13.2 Å². The summed E-state index contributed by atoms with van der Waals surface area (Å²) in [5, 5.41) is 6.60. The average molecular weight is 451 g/mol. The Morgan fingerprint density at radius 3 is 2.37 bits per heavy atom. The van der Waals surface area contributed by atoms with E-state index in [-0.39, 0.29) is 5.91 Å². The van der Waals surface area contributed by atoms with Gasteiger partial charge >= 0.3 is 0 Å². The van der Waals surface area contributed by atoms with Crippen molar-refractivity contribution in [2.75, 3.05) is 13.7 Å². The maximum absolute atomic E-state index is 12.7. The van der Waals surface area contributed by atoms with Crippen LogP contribution in [0.15, 0.2) is 16.6 Å². The molecule has 4 aliphatic rings. The Labute approximate surface area is 174 Å². The molecule has 1 aromatic carbocycles. The van der Waals surface area contributed by atoms with Crippen LogP contribution in [0.1, 0.15) is 54.4 Å². The normalized spacial score (nSPS) is 30.9. The van der Waals surface area contributed by atoms with Crippen molar-refractivity contribution < 1.29 is 9.53 Å². The number of hydrogen-bond donors (Lipinski definition) is 2. The quantitative estimate of drug-likeness (QED) is 0.658. The first kappa shape index (κ1) is 19.2. The van der Waals surface area contributed by atoms with Crippen molar-refractivity contribution in [3.8, 4) is 5.75 Å². The van der Waals surface area contributed by atoms with Gasteiger partial charge in [0, 0.05) is 11.0 Å². The molecule has 5 rings (SSSR count). The number of aryl methyl sites for hydroxylation is 1. The van der Waals surface area contributed by atoms with Gasteiger partial charge < -0.3 is 10.1 Å². The topological polar surface area (TPSA) is 50.4 Å². The molecule has 1 aromatic rings. The number of thiocarbonyl (C=S) groups is 1. The maximum Gasteiger partial charge on any atom is 0.261 e. The van der Waals surface area contributed by atoms with Gasteiger partial charge in [0.25, 0.3) is 5.91 Å². The molecule has 0 aliphatic heterocycles. The molecule has 2 N–H and O–H groups in total. The lowest BCUT2D eigenvalue weighted by molar-refractivity contribution is -0.0491. The second kappa shape index (κ2) is 7.36. The lowest BCUT2D eigenvalue weighted by Crippen LogP contribution is -2.52. The number of methoxy groups -OCH3 is 1. The summed E-state index contributed by atoms with van der Waals surface area (Å²) in [7, 11) is 1.58. The fourth-order valence-electron chi connectivity index (χ4n) is 6.16. The van der Waals surface area contributed by atoms with Crippen LogP contribution in [-0.2, 0) is 0 Å². The van der Waals surface area contributed by atoms with E-state index in [0.29, 0.717) is 21.8 Å². The third-order valence-electron chi connectivity index (χ3n) is 6.70. The van der Waals surface area contributed by atoms with Gasteiger partial charge in [0.05, 0.1) is 12.7 Å². The van der Waals surface area contributed by atoms with Crippen molar-refractivity contribution in [1.29, 1.82) is 0 Å². The summed E-state index contributed by atoms with van der Waals surface area (Å²) < 4.78 is 6.26. The standard InChI is InChI=1S/C21H27BrN2O2S/c1-12-3-16(22)7-17(18(12)26-2)19(25)24-20(27)23-11-21-8-13-4-14(9-21)6-15(5-13)10-21/h3,7,13-15H,4-6,8-11H2,1-2H3,(H2,23,24,25,27). The zero-order valence-electron chi connectivity index (χ0n) is 15.9. The van der Waals surface area contributed by atoms with Gasteiger partial charge in [0.15, 0.2) is 5.11 Å². The lowest BCUT2D eigenvalue weighted by Gasteiger charge is -2.57. The molecule has 4 aliphatic carbocycles. The molecule has 0 unspecified atom stereocenters. The second-order valence-corrected chi connectivity index (χ2v) is 10.2. The highest BCUT2D eigenvalue weighted by atomic mass is 79.9. The minimum absolute atomic E-state index is 0.237. The molecule has 1 amide bonds. The number of hydrogen-bond acceptors (Lipinski definition) is 3. The monoisotopic (exact) mass is 450 g/mol. The van der Waals surface area contributed by atoms with E-state index in [1.165, 1.54) is 38.5 Å². The van der Waals surface area contributed by atoms with Gasteiger partial charge in [0.1, 0.15) is 5.75 Å². The van der Waals surface area contributed by atoms with E-state index in [0.717, 1.165) is 34.3 Å². The predicted octanol–water partition coefficient (Wildman–Crippen LogP) is 4.59. The Morgan fingerprint density at radius 1 is 1.22 bits per heavy atom. The van der Waals surface area contributed by atoms with Gasteiger partial charge in [0.2, 0.25) is 0 Å². The Balaban J connectivity index is 1.38. The highest BCUT2D eigenvalue weighted by molar-refractivity contribution is 9.10. The molecule has 0 atom stereocenters. The molecule has 4 bridgehead atoms. The van der Waals surface area contributed by atoms with Crippen LogP contribution in [0.4, 0.5) is 0 Å². The molecule has 4 nitrogen and oxygen atoms in total. The van der Waals surface area contributed by atoms with Crippen LogP contribution >= 0.6 is 28.1 Å². The van der Waals surface area contributed by atoms with Gasteiger partial charge in [-0.3, -0.25) is 10.1 Å². The van der Waals surface area contributed by atoms with Crippen molar-refractivity contribution in [2.45, 2.75) is 45.4 Å². The Bertz CT molecular complexity index is 744. The Hall–Kier alpha value is -1.14. The molecule has 4 saturated carbocycles. The van der Waals surface area contributed by atoms with E-state index in [4.69, 9.17) is 17.0 Å². The fraction of sp³-hybridized carbons (Fsp3) is 0.619. The predicted molar refractivity (Wildman–Crippen MR) is 114 cm³/mol. The van der Waals surface area contributed by atoms with Gasteiger partial charge in [-0.1, -0.05) is 15.9 Å². The molecule has 6 heteroatoms. The van der Waals surface area contributed by atoms with E-state index in [2.05, 4.69) is 26.6 Å². The molecule has 0 aromatic heterocycles. The van der Waals surface area contributed by atoms with E-state index in [9.17, 15) is 4.79 Å². The summed E-state index contributed by atoms with van der Waals surface area (Å²) in [6, 6.07) is 3.70. The van der Waals surface area contributed by atoms with Crippen LogP contribution in [0.5, 0.6) is 5.75 Å². The van der Waals surface area contributed by atoms with Gasteiger partial charge in [-0.15, -0.1) is 0 Å². The largest absolute Gasteiger partial charge is 0.496 e. The number of benzene rings is 1.